The first kappa shape index (κ1) is 19.9. The first-order chi connectivity index (χ1) is 13.5. The lowest BCUT2D eigenvalue weighted by atomic mass is 10.0. The fraction of sp³-hybridized carbons (Fsp3) is 0.391. The van der Waals surface area contributed by atoms with E-state index in [0.717, 1.165) is 36.3 Å². The zero-order valence-corrected chi connectivity index (χ0v) is 16.7. The van der Waals surface area contributed by atoms with Crippen LogP contribution in [-0.4, -0.2) is 37.4 Å². The predicted molar refractivity (Wildman–Crippen MR) is 108 cm³/mol. The van der Waals surface area contributed by atoms with Gasteiger partial charge in [0.1, 0.15) is 11.5 Å². The number of ether oxygens (including phenoxy) is 2. The fourth-order valence-electron chi connectivity index (χ4n) is 3.78. The van der Waals surface area contributed by atoms with Crippen LogP contribution >= 0.6 is 0 Å². The van der Waals surface area contributed by atoms with Crippen molar-refractivity contribution >= 4 is 11.7 Å². The first-order valence-electron chi connectivity index (χ1n) is 9.64. The number of hydrogen-bond acceptors (Lipinski definition) is 4. The fourth-order valence-corrected chi connectivity index (χ4v) is 3.78. The van der Waals surface area contributed by atoms with E-state index < -0.39 is 0 Å². The Balaban J connectivity index is 1.65. The molecule has 2 aromatic rings. The minimum absolute atomic E-state index is 0.0262. The Kier molecular flexibility index (Phi) is 6.34. The topological polar surface area (TPSA) is 55.8 Å². The van der Waals surface area contributed by atoms with Gasteiger partial charge in [-0.1, -0.05) is 23.8 Å². The van der Waals surface area contributed by atoms with Crippen LogP contribution in [0.1, 0.15) is 53.2 Å². The zero-order chi connectivity index (χ0) is 20.1. The van der Waals surface area contributed by atoms with Crippen molar-refractivity contribution in [2.24, 2.45) is 0 Å². The van der Waals surface area contributed by atoms with Gasteiger partial charge >= 0.3 is 0 Å². The maximum atomic E-state index is 12.8. The van der Waals surface area contributed by atoms with E-state index in [9.17, 15) is 9.59 Å². The molecule has 0 aromatic heterocycles. The number of methoxy groups -OCH3 is 2. The van der Waals surface area contributed by atoms with E-state index in [-0.39, 0.29) is 30.6 Å². The van der Waals surface area contributed by atoms with E-state index in [1.165, 1.54) is 0 Å². The van der Waals surface area contributed by atoms with Gasteiger partial charge in [0, 0.05) is 19.4 Å². The highest BCUT2D eigenvalue weighted by Crippen LogP contribution is 2.33. The molecule has 0 N–H and O–H groups in total. The van der Waals surface area contributed by atoms with Crippen LogP contribution < -0.4 is 9.47 Å². The molecule has 1 atom stereocenters. The highest BCUT2D eigenvalue weighted by Gasteiger charge is 2.30. The summed E-state index contributed by atoms with van der Waals surface area (Å²) in [4.78, 5) is 27.4. The molecule has 1 fully saturated rings. The molecule has 1 aliphatic heterocycles. The Morgan fingerprint density at radius 3 is 2.46 bits per heavy atom. The second-order valence-corrected chi connectivity index (χ2v) is 7.15. The SMILES string of the molecule is COc1ccc([C@@H]2CCCN2C(=O)CCC(=O)c2cc(C)ccc2OC)cc1. The summed E-state index contributed by atoms with van der Waals surface area (Å²) in [7, 11) is 3.19. The number of rotatable bonds is 7. The maximum absolute atomic E-state index is 12.8. The van der Waals surface area contributed by atoms with Crippen LogP contribution in [0.5, 0.6) is 11.5 Å². The smallest absolute Gasteiger partial charge is 0.223 e. The van der Waals surface area contributed by atoms with E-state index in [4.69, 9.17) is 9.47 Å². The molecular weight excluding hydrogens is 354 g/mol. The maximum Gasteiger partial charge on any atom is 0.223 e. The summed E-state index contributed by atoms with van der Waals surface area (Å²) in [5, 5.41) is 0. The highest BCUT2D eigenvalue weighted by atomic mass is 16.5. The van der Waals surface area contributed by atoms with Gasteiger partial charge in [-0.3, -0.25) is 9.59 Å². The van der Waals surface area contributed by atoms with Gasteiger partial charge in [0.25, 0.3) is 0 Å². The Morgan fingerprint density at radius 1 is 1.04 bits per heavy atom. The van der Waals surface area contributed by atoms with Crippen LogP contribution in [0.4, 0.5) is 0 Å². The van der Waals surface area contributed by atoms with Gasteiger partial charge in [-0.05, 0) is 49.6 Å². The van der Waals surface area contributed by atoms with Crippen LogP contribution in [0.15, 0.2) is 42.5 Å². The zero-order valence-electron chi connectivity index (χ0n) is 16.7. The average Bonchev–Trinajstić information content (AvgIpc) is 3.21. The van der Waals surface area contributed by atoms with Crippen molar-refractivity contribution in [2.45, 2.75) is 38.6 Å². The number of aryl methyl sites for hydroxylation is 1. The minimum Gasteiger partial charge on any atom is -0.497 e. The van der Waals surface area contributed by atoms with Crippen LogP contribution in [0.3, 0.4) is 0 Å². The molecular formula is C23H27NO4. The monoisotopic (exact) mass is 381 g/mol. The molecule has 0 bridgehead atoms. The molecule has 2 aromatic carbocycles. The van der Waals surface area contributed by atoms with Crippen molar-refractivity contribution in [3.63, 3.8) is 0 Å². The van der Waals surface area contributed by atoms with E-state index >= 15 is 0 Å². The molecule has 5 nitrogen and oxygen atoms in total. The summed E-state index contributed by atoms with van der Waals surface area (Å²) >= 11 is 0. The Labute approximate surface area is 166 Å². The number of ketones is 1. The van der Waals surface area contributed by atoms with Crippen LogP contribution in [0.2, 0.25) is 0 Å². The van der Waals surface area contributed by atoms with Crippen LogP contribution in [-0.2, 0) is 4.79 Å². The standard InChI is InChI=1S/C23H27NO4/c1-16-6-12-22(28-3)19(15-16)21(25)11-13-23(26)24-14-4-5-20(24)17-7-9-18(27-2)10-8-17/h6-10,12,15,20H,4-5,11,13-14H2,1-3H3/t20-/m0/s1. The summed E-state index contributed by atoms with van der Waals surface area (Å²) in [6, 6.07) is 13.5. The summed E-state index contributed by atoms with van der Waals surface area (Å²) in [6.07, 6.45) is 2.31. The number of amides is 1. The van der Waals surface area contributed by atoms with E-state index in [2.05, 4.69) is 0 Å². The number of nitrogens with zero attached hydrogens (tertiary/aromatic N) is 1. The second-order valence-electron chi connectivity index (χ2n) is 7.15. The molecule has 1 heterocycles. The Morgan fingerprint density at radius 2 is 1.79 bits per heavy atom. The van der Waals surface area contributed by atoms with Crippen molar-refractivity contribution < 1.29 is 19.1 Å². The number of likely N-dealkylation sites (tertiary alicyclic amines) is 1. The second kappa shape index (κ2) is 8.91. The molecule has 1 saturated heterocycles. The molecule has 3 rings (SSSR count). The van der Waals surface area contributed by atoms with Crippen molar-refractivity contribution in [3.05, 3.63) is 59.2 Å². The molecule has 5 heteroatoms. The molecule has 0 radical (unpaired) electrons. The lowest BCUT2D eigenvalue weighted by molar-refractivity contribution is -0.132. The molecule has 0 aliphatic carbocycles. The Hall–Kier alpha value is -2.82. The largest absolute Gasteiger partial charge is 0.497 e. The van der Waals surface area contributed by atoms with Gasteiger partial charge in [0.05, 0.1) is 25.8 Å². The summed E-state index contributed by atoms with van der Waals surface area (Å²) in [5.41, 5.74) is 2.65. The lowest BCUT2D eigenvalue weighted by Gasteiger charge is -2.25. The van der Waals surface area contributed by atoms with Crippen LogP contribution in [0.25, 0.3) is 0 Å². The Bertz CT molecular complexity index is 844. The third kappa shape index (κ3) is 4.35. The number of Topliss-reactive ketones (excluding diaryl/α,β-unsaturated/α-hetero) is 1. The molecule has 1 aliphatic rings. The van der Waals surface area contributed by atoms with Gasteiger partial charge in [0.2, 0.25) is 5.91 Å². The van der Waals surface area contributed by atoms with Gasteiger partial charge < -0.3 is 14.4 Å². The summed E-state index contributed by atoms with van der Waals surface area (Å²) < 4.78 is 10.5. The number of carbonyl (C=O) groups excluding carboxylic acids is 2. The summed E-state index contributed by atoms with van der Waals surface area (Å²) in [6.45, 7) is 2.67. The average molecular weight is 381 g/mol. The van der Waals surface area contributed by atoms with E-state index in [1.54, 1.807) is 20.3 Å². The quantitative estimate of drug-likeness (QED) is 0.670. The molecule has 0 spiro atoms. The highest BCUT2D eigenvalue weighted by molar-refractivity contribution is 6.00. The predicted octanol–water partition coefficient (Wildman–Crippen LogP) is 4.34. The van der Waals surface area contributed by atoms with E-state index in [1.807, 2.05) is 48.2 Å². The molecule has 0 unspecified atom stereocenters. The lowest BCUT2D eigenvalue weighted by Crippen LogP contribution is -2.30. The summed E-state index contributed by atoms with van der Waals surface area (Å²) in [5.74, 6) is 1.32. The van der Waals surface area contributed by atoms with Gasteiger partial charge in [-0.25, -0.2) is 0 Å². The molecule has 28 heavy (non-hydrogen) atoms. The van der Waals surface area contributed by atoms with Gasteiger partial charge in [0.15, 0.2) is 5.78 Å². The number of carbonyl (C=O) groups is 2. The molecule has 1 amide bonds. The van der Waals surface area contributed by atoms with Crippen LogP contribution in [0, 0.1) is 6.92 Å². The van der Waals surface area contributed by atoms with E-state index in [0.29, 0.717) is 11.3 Å². The third-order valence-corrected chi connectivity index (χ3v) is 5.30. The first-order valence-corrected chi connectivity index (χ1v) is 9.64. The van der Waals surface area contributed by atoms with Crippen molar-refractivity contribution in [1.29, 1.82) is 0 Å². The number of benzene rings is 2. The third-order valence-electron chi connectivity index (χ3n) is 5.30. The van der Waals surface area contributed by atoms with Gasteiger partial charge in [-0.2, -0.15) is 0 Å². The van der Waals surface area contributed by atoms with Crippen molar-refractivity contribution in [3.8, 4) is 11.5 Å². The van der Waals surface area contributed by atoms with Crippen molar-refractivity contribution in [1.82, 2.24) is 4.90 Å². The number of hydrogen-bond donors (Lipinski definition) is 0. The normalized spacial score (nSPS) is 16.1. The molecule has 148 valence electrons. The minimum atomic E-state index is -0.0610. The molecule has 0 saturated carbocycles. The van der Waals surface area contributed by atoms with Gasteiger partial charge in [-0.15, -0.1) is 0 Å². The van der Waals surface area contributed by atoms with Crippen molar-refractivity contribution in [2.75, 3.05) is 20.8 Å².